The summed E-state index contributed by atoms with van der Waals surface area (Å²) in [6.45, 7) is 0.257. The first-order valence-corrected chi connectivity index (χ1v) is 14.9. The second-order valence-corrected chi connectivity index (χ2v) is 11.6. The van der Waals surface area contributed by atoms with Crippen molar-refractivity contribution in [3.05, 3.63) is 155 Å². The summed E-state index contributed by atoms with van der Waals surface area (Å²) in [6.07, 6.45) is 11.6. The van der Waals surface area contributed by atoms with E-state index in [1.54, 1.807) is 0 Å². The van der Waals surface area contributed by atoms with E-state index >= 15 is 0 Å². The molecule has 0 amide bonds. The Hall–Kier alpha value is -4.76. The summed E-state index contributed by atoms with van der Waals surface area (Å²) in [5, 5.41) is 5.14. The molecule has 0 aromatic heterocycles. The Morgan fingerprint density at radius 3 is 1.95 bits per heavy atom. The fourth-order valence-corrected chi connectivity index (χ4v) is 7.60. The lowest BCUT2D eigenvalue weighted by Crippen LogP contribution is -2.51. The molecule has 0 bridgehead atoms. The minimum Gasteiger partial charge on any atom is -0.319 e. The summed E-state index contributed by atoms with van der Waals surface area (Å²) in [5.74, 6) is 0. The Kier molecular flexibility index (Phi) is 4.98. The highest BCUT2D eigenvalue weighted by atomic mass is 15.2. The van der Waals surface area contributed by atoms with Crippen LogP contribution in [0.4, 0.5) is 17.1 Å². The average Bonchev–Trinajstić information content (AvgIpc) is 3.04. The summed E-state index contributed by atoms with van der Waals surface area (Å²) >= 11 is 0. The van der Waals surface area contributed by atoms with Crippen molar-refractivity contribution in [1.29, 1.82) is 0 Å². The van der Waals surface area contributed by atoms with Crippen molar-refractivity contribution in [2.75, 3.05) is 9.80 Å². The predicted molar refractivity (Wildman–Crippen MR) is 174 cm³/mol. The van der Waals surface area contributed by atoms with E-state index in [4.69, 9.17) is 0 Å². The Morgan fingerprint density at radius 1 is 0.561 bits per heavy atom. The molecule has 41 heavy (non-hydrogen) atoms. The molecule has 2 aliphatic heterocycles. The van der Waals surface area contributed by atoms with Gasteiger partial charge in [0.25, 0.3) is 6.71 Å². The molecule has 5 aromatic rings. The number of rotatable bonds is 2. The molecule has 0 saturated carbocycles. The summed E-state index contributed by atoms with van der Waals surface area (Å²) in [5.41, 5.74) is 12.4. The van der Waals surface area contributed by atoms with E-state index in [0.717, 1.165) is 25.7 Å². The summed E-state index contributed by atoms with van der Waals surface area (Å²) < 4.78 is 0. The standard InChI is InChI=1S/C38H29BN2/c1-3-12-28-24-30(22-20-26(28)10-1)40-34-16-7-5-14-32(34)39-33-15-6-8-17-35(33)41(37-19-9-18-36(40)38(37)39)31-23-21-27-11-2-4-13-29(27)25-31/h1-7,10-16,18,20-25H,8-9,17,19H2. The van der Waals surface area contributed by atoms with E-state index in [9.17, 15) is 0 Å². The lowest BCUT2D eigenvalue weighted by molar-refractivity contribution is 0.811. The highest BCUT2D eigenvalue weighted by Crippen LogP contribution is 2.50. The van der Waals surface area contributed by atoms with Crippen molar-refractivity contribution in [2.24, 2.45) is 0 Å². The smallest absolute Gasteiger partial charge is 0.251 e. The zero-order valence-corrected chi connectivity index (χ0v) is 22.9. The number of benzene rings is 5. The third kappa shape index (κ3) is 3.39. The van der Waals surface area contributed by atoms with Gasteiger partial charge in [-0.25, -0.2) is 0 Å². The molecule has 5 aromatic carbocycles. The molecule has 0 spiro atoms. The molecule has 194 valence electrons. The van der Waals surface area contributed by atoms with Crippen LogP contribution in [0.15, 0.2) is 155 Å². The van der Waals surface area contributed by atoms with Crippen molar-refractivity contribution >= 4 is 50.8 Å². The van der Waals surface area contributed by atoms with E-state index < -0.39 is 0 Å². The third-order valence-electron chi connectivity index (χ3n) is 9.34. The fourth-order valence-electron chi connectivity index (χ4n) is 7.60. The van der Waals surface area contributed by atoms with Crippen LogP contribution in [-0.4, -0.2) is 6.71 Å². The van der Waals surface area contributed by atoms with Crippen LogP contribution < -0.4 is 15.3 Å². The normalized spacial score (nSPS) is 17.6. The van der Waals surface area contributed by atoms with Gasteiger partial charge < -0.3 is 9.80 Å². The van der Waals surface area contributed by atoms with Gasteiger partial charge in [-0.15, -0.1) is 0 Å². The fraction of sp³-hybridized carbons (Fsp3) is 0.105. The van der Waals surface area contributed by atoms with Gasteiger partial charge in [-0.1, -0.05) is 97.1 Å². The van der Waals surface area contributed by atoms with Crippen LogP contribution in [-0.2, 0) is 0 Å². The lowest BCUT2D eigenvalue weighted by atomic mass is 9.31. The second-order valence-electron chi connectivity index (χ2n) is 11.6. The minimum absolute atomic E-state index is 0.257. The monoisotopic (exact) mass is 524 g/mol. The topological polar surface area (TPSA) is 6.48 Å². The minimum atomic E-state index is 0.257. The highest BCUT2D eigenvalue weighted by Gasteiger charge is 2.46. The number of anilines is 3. The van der Waals surface area contributed by atoms with Crippen molar-refractivity contribution in [1.82, 2.24) is 0 Å². The van der Waals surface area contributed by atoms with Crippen molar-refractivity contribution in [2.45, 2.75) is 25.7 Å². The molecule has 0 N–H and O–H groups in total. The number of hydrogen-bond acceptors (Lipinski definition) is 2. The van der Waals surface area contributed by atoms with Crippen molar-refractivity contribution in [3.63, 3.8) is 0 Å². The molecule has 3 heteroatoms. The van der Waals surface area contributed by atoms with Gasteiger partial charge in [-0.2, -0.15) is 0 Å². The van der Waals surface area contributed by atoms with Gasteiger partial charge in [0, 0.05) is 34.2 Å². The Labute approximate surface area is 241 Å². The Morgan fingerprint density at radius 2 is 1.20 bits per heavy atom. The Balaban J connectivity index is 1.31. The molecule has 2 aliphatic carbocycles. The molecule has 0 unspecified atom stereocenters. The average molecular weight is 524 g/mol. The van der Waals surface area contributed by atoms with Crippen LogP contribution in [0.25, 0.3) is 21.5 Å². The van der Waals surface area contributed by atoms with Crippen LogP contribution in [0, 0.1) is 0 Å². The molecule has 0 saturated heterocycles. The first kappa shape index (κ1) is 23.0. The van der Waals surface area contributed by atoms with E-state index in [1.165, 1.54) is 72.1 Å². The molecule has 0 radical (unpaired) electrons. The third-order valence-corrected chi connectivity index (χ3v) is 9.34. The van der Waals surface area contributed by atoms with E-state index in [-0.39, 0.29) is 6.71 Å². The summed E-state index contributed by atoms with van der Waals surface area (Å²) in [6, 6.07) is 40.4. The quantitative estimate of drug-likeness (QED) is 0.213. The van der Waals surface area contributed by atoms with Crippen molar-refractivity contribution in [3.8, 4) is 0 Å². The number of fused-ring (bicyclic) bond motifs is 5. The maximum Gasteiger partial charge on any atom is 0.251 e. The molecule has 9 rings (SSSR count). The zero-order chi connectivity index (χ0) is 26.9. The predicted octanol–water partition coefficient (Wildman–Crippen LogP) is 8.98. The maximum atomic E-state index is 2.64. The van der Waals surface area contributed by atoms with E-state index in [2.05, 4.69) is 137 Å². The second kappa shape index (κ2) is 8.87. The molecule has 0 fully saturated rings. The van der Waals surface area contributed by atoms with Gasteiger partial charge in [-0.3, -0.25) is 0 Å². The van der Waals surface area contributed by atoms with Crippen LogP contribution in [0.3, 0.4) is 0 Å². The van der Waals surface area contributed by atoms with Crippen LogP contribution in [0.2, 0.25) is 0 Å². The van der Waals surface area contributed by atoms with Gasteiger partial charge >= 0.3 is 0 Å². The Bertz CT molecular complexity index is 2030. The molecule has 0 atom stereocenters. The van der Waals surface area contributed by atoms with E-state index in [1.807, 2.05) is 0 Å². The number of allylic oxidation sites excluding steroid dienone is 7. The largest absolute Gasteiger partial charge is 0.319 e. The zero-order valence-electron chi connectivity index (χ0n) is 22.9. The first-order chi connectivity index (χ1) is 20.3. The number of hydrogen-bond donors (Lipinski definition) is 0. The van der Waals surface area contributed by atoms with Crippen LogP contribution in [0.1, 0.15) is 25.7 Å². The van der Waals surface area contributed by atoms with Crippen LogP contribution >= 0.6 is 0 Å². The van der Waals surface area contributed by atoms with Gasteiger partial charge in [0.1, 0.15) is 0 Å². The van der Waals surface area contributed by atoms with Gasteiger partial charge in [-0.05, 0) is 94.0 Å². The molecule has 2 heterocycles. The number of para-hydroxylation sites is 1. The first-order valence-electron chi connectivity index (χ1n) is 14.9. The van der Waals surface area contributed by atoms with Gasteiger partial charge in [0.15, 0.2) is 0 Å². The van der Waals surface area contributed by atoms with Crippen molar-refractivity contribution < 1.29 is 0 Å². The molecule has 2 nitrogen and oxygen atoms in total. The molecule has 4 aliphatic rings. The van der Waals surface area contributed by atoms with Crippen LogP contribution in [0.5, 0.6) is 0 Å². The summed E-state index contributed by atoms with van der Waals surface area (Å²) in [7, 11) is 0. The van der Waals surface area contributed by atoms with E-state index in [0.29, 0.717) is 0 Å². The SMILES string of the molecule is C1=CC2=C(CC1)N(c1ccc3ccccc3c1)C1=C3B2c2ccccc2N(c2ccc4ccccc4c2)C3=CCC1. The molecular formula is C38H29BN2. The highest BCUT2D eigenvalue weighted by molar-refractivity contribution is 6.89. The maximum absolute atomic E-state index is 2.64. The lowest BCUT2D eigenvalue weighted by Gasteiger charge is -2.48. The van der Waals surface area contributed by atoms with Gasteiger partial charge in [0.2, 0.25) is 0 Å². The number of nitrogens with zero attached hydrogens (tertiary/aromatic N) is 2. The molecular weight excluding hydrogens is 495 g/mol. The summed E-state index contributed by atoms with van der Waals surface area (Å²) in [4.78, 5) is 5.17. The van der Waals surface area contributed by atoms with Gasteiger partial charge in [0.05, 0.1) is 0 Å².